The summed E-state index contributed by atoms with van der Waals surface area (Å²) in [5.41, 5.74) is 1.65. The highest BCUT2D eigenvalue weighted by atomic mass is 19.1. The zero-order valence-electron chi connectivity index (χ0n) is 14.0. The van der Waals surface area contributed by atoms with Crippen molar-refractivity contribution in [3.05, 3.63) is 71.0 Å². The second-order valence-electron chi connectivity index (χ2n) is 6.22. The smallest absolute Gasteiger partial charge is 0.341 e. The van der Waals surface area contributed by atoms with Crippen molar-refractivity contribution >= 4 is 5.97 Å². The lowest BCUT2D eigenvalue weighted by Crippen LogP contribution is -2.20. The molecule has 0 N–H and O–H groups in total. The van der Waals surface area contributed by atoms with E-state index in [0.717, 1.165) is 12.1 Å². The van der Waals surface area contributed by atoms with Gasteiger partial charge in [-0.05, 0) is 17.2 Å². The van der Waals surface area contributed by atoms with E-state index in [4.69, 9.17) is 4.74 Å². The fraction of sp³-hybridized carbons (Fsp3) is 0.300. The van der Waals surface area contributed by atoms with Crippen LogP contribution in [0.4, 0.5) is 4.39 Å². The molecule has 2 aromatic rings. The summed E-state index contributed by atoms with van der Waals surface area (Å²) < 4.78 is 19.0. The number of esters is 1. The van der Waals surface area contributed by atoms with Crippen LogP contribution in [0.3, 0.4) is 0 Å². The minimum Gasteiger partial charge on any atom is -0.465 e. The lowest BCUT2D eigenvalue weighted by atomic mass is 9.86. The van der Waals surface area contributed by atoms with Crippen LogP contribution in [0.15, 0.2) is 48.5 Å². The second-order valence-corrected chi connectivity index (χ2v) is 6.22. The van der Waals surface area contributed by atoms with Crippen LogP contribution in [-0.4, -0.2) is 31.1 Å². The molecular weight excluding hydrogens is 319 g/mol. The first-order chi connectivity index (χ1) is 12.1. The van der Waals surface area contributed by atoms with E-state index in [-0.39, 0.29) is 17.4 Å². The Bertz CT molecular complexity index is 801. The van der Waals surface area contributed by atoms with Crippen LogP contribution >= 0.6 is 0 Å². The SMILES string of the molecule is COC(=O)c1c(F)cccc1[C@H]1CN(Cc2ccccc2)C[C@H]1C#N. The van der Waals surface area contributed by atoms with Crippen molar-refractivity contribution in [2.45, 2.75) is 12.5 Å². The molecule has 1 heterocycles. The van der Waals surface area contributed by atoms with Gasteiger partial charge in [-0.25, -0.2) is 9.18 Å². The number of rotatable bonds is 4. The zero-order chi connectivity index (χ0) is 17.8. The Labute approximate surface area is 146 Å². The number of methoxy groups -OCH3 is 1. The molecule has 0 amide bonds. The fourth-order valence-corrected chi connectivity index (χ4v) is 3.47. The molecule has 0 spiro atoms. The molecule has 25 heavy (non-hydrogen) atoms. The first kappa shape index (κ1) is 17.1. The van der Waals surface area contributed by atoms with Gasteiger partial charge in [-0.3, -0.25) is 4.90 Å². The van der Waals surface area contributed by atoms with Crippen LogP contribution in [0.1, 0.15) is 27.4 Å². The maximum atomic E-state index is 14.2. The van der Waals surface area contributed by atoms with E-state index in [1.807, 2.05) is 30.3 Å². The number of carbonyl (C=O) groups is 1. The summed E-state index contributed by atoms with van der Waals surface area (Å²) in [6, 6.07) is 16.8. The van der Waals surface area contributed by atoms with Crippen molar-refractivity contribution in [1.82, 2.24) is 4.90 Å². The lowest BCUT2D eigenvalue weighted by Gasteiger charge is -2.18. The molecule has 0 bridgehead atoms. The standard InChI is InChI=1S/C20H19FN2O2/c1-25-20(24)19-16(8-5-9-18(19)21)17-13-23(12-15(17)10-22)11-14-6-3-2-4-7-14/h2-9,15,17H,11-13H2,1H3/t15-,17+/m1/s1. The van der Waals surface area contributed by atoms with E-state index in [2.05, 4.69) is 11.0 Å². The number of hydrogen-bond donors (Lipinski definition) is 0. The number of nitriles is 1. The van der Waals surface area contributed by atoms with E-state index >= 15 is 0 Å². The maximum Gasteiger partial charge on any atom is 0.341 e. The highest BCUT2D eigenvalue weighted by molar-refractivity contribution is 5.91. The Hall–Kier alpha value is -2.71. The molecular formula is C20H19FN2O2. The fourth-order valence-electron chi connectivity index (χ4n) is 3.47. The Kier molecular flexibility index (Phi) is 5.11. The van der Waals surface area contributed by atoms with Gasteiger partial charge >= 0.3 is 5.97 Å². The van der Waals surface area contributed by atoms with Crippen LogP contribution in [-0.2, 0) is 11.3 Å². The Morgan fingerprint density at radius 2 is 2.00 bits per heavy atom. The van der Waals surface area contributed by atoms with Crippen molar-refractivity contribution in [3.8, 4) is 6.07 Å². The number of hydrogen-bond acceptors (Lipinski definition) is 4. The Balaban J connectivity index is 1.88. The van der Waals surface area contributed by atoms with Gasteiger partial charge in [0.05, 0.1) is 24.7 Å². The van der Waals surface area contributed by atoms with E-state index in [1.54, 1.807) is 12.1 Å². The van der Waals surface area contributed by atoms with E-state index in [9.17, 15) is 14.4 Å². The summed E-state index contributed by atoms with van der Waals surface area (Å²) in [6.07, 6.45) is 0. The lowest BCUT2D eigenvalue weighted by molar-refractivity contribution is 0.0593. The number of ether oxygens (including phenoxy) is 1. The monoisotopic (exact) mass is 338 g/mol. The summed E-state index contributed by atoms with van der Waals surface area (Å²) in [7, 11) is 1.23. The number of carbonyl (C=O) groups excluding carboxylic acids is 1. The largest absolute Gasteiger partial charge is 0.465 e. The molecule has 0 unspecified atom stereocenters. The maximum absolute atomic E-state index is 14.2. The molecule has 1 fully saturated rings. The number of benzene rings is 2. The number of likely N-dealkylation sites (tertiary alicyclic amines) is 1. The molecule has 128 valence electrons. The van der Waals surface area contributed by atoms with Gasteiger partial charge < -0.3 is 4.74 Å². The topological polar surface area (TPSA) is 53.3 Å². The molecule has 0 aromatic heterocycles. The van der Waals surface area contributed by atoms with Crippen molar-refractivity contribution in [2.24, 2.45) is 5.92 Å². The van der Waals surface area contributed by atoms with E-state index in [0.29, 0.717) is 18.7 Å². The molecule has 5 heteroatoms. The normalized spacial score (nSPS) is 20.2. The van der Waals surface area contributed by atoms with Crippen LogP contribution in [0.25, 0.3) is 0 Å². The van der Waals surface area contributed by atoms with Crippen LogP contribution in [0.5, 0.6) is 0 Å². The molecule has 0 radical (unpaired) electrons. The van der Waals surface area contributed by atoms with Crippen LogP contribution in [0.2, 0.25) is 0 Å². The molecule has 1 aliphatic rings. The summed E-state index contributed by atoms with van der Waals surface area (Å²) in [5, 5.41) is 9.55. The minimum atomic E-state index is -0.703. The van der Waals surface area contributed by atoms with Crippen LogP contribution < -0.4 is 0 Å². The minimum absolute atomic E-state index is 0.0585. The average molecular weight is 338 g/mol. The van der Waals surface area contributed by atoms with Crippen molar-refractivity contribution in [3.63, 3.8) is 0 Å². The molecule has 4 nitrogen and oxygen atoms in total. The Morgan fingerprint density at radius 3 is 2.68 bits per heavy atom. The van der Waals surface area contributed by atoms with Gasteiger partial charge in [0.1, 0.15) is 5.82 Å². The van der Waals surface area contributed by atoms with E-state index in [1.165, 1.54) is 13.2 Å². The van der Waals surface area contributed by atoms with Gasteiger partial charge in [0.25, 0.3) is 0 Å². The van der Waals surface area contributed by atoms with Gasteiger partial charge in [-0.2, -0.15) is 5.26 Å². The van der Waals surface area contributed by atoms with E-state index < -0.39 is 11.8 Å². The van der Waals surface area contributed by atoms with Crippen molar-refractivity contribution in [2.75, 3.05) is 20.2 Å². The first-order valence-corrected chi connectivity index (χ1v) is 8.16. The first-order valence-electron chi connectivity index (χ1n) is 8.16. The van der Waals surface area contributed by atoms with Gasteiger partial charge in [-0.1, -0.05) is 42.5 Å². The third-order valence-electron chi connectivity index (χ3n) is 4.65. The van der Waals surface area contributed by atoms with Crippen molar-refractivity contribution in [1.29, 1.82) is 5.26 Å². The summed E-state index contributed by atoms with van der Waals surface area (Å²) in [5.74, 6) is -1.83. The average Bonchev–Trinajstić information content (AvgIpc) is 3.04. The van der Waals surface area contributed by atoms with Gasteiger partial charge in [0.2, 0.25) is 0 Å². The zero-order valence-corrected chi connectivity index (χ0v) is 14.0. The summed E-state index contributed by atoms with van der Waals surface area (Å²) in [6.45, 7) is 1.91. The summed E-state index contributed by atoms with van der Waals surface area (Å²) >= 11 is 0. The van der Waals surface area contributed by atoms with Crippen LogP contribution in [0, 0.1) is 23.1 Å². The Morgan fingerprint density at radius 1 is 1.24 bits per heavy atom. The van der Waals surface area contributed by atoms with Gasteiger partial charge in [0, 0.05) is 25.6 Å². The third kappa shape index (κ3) is 3.54. The molecule has 1 saturated heterocycles. The molecule has 0 saturated carbocycles. The van der Waals surface area contributed by atoms with Crippen molar-refractivity contribution < 1.29 is 13.9 Å². The second kappa shape index (κ2) is 7.45. The van der Waals surface area contributed by atoms with Gasteiger partial charge in [-0.15, -0.1) is 0 Å². The summed E-state index contributed by atoms with van der Waals surface area (Å²) in [4.78, 5) is 14.2. The predicted octanol–water partition coefficient (Wildman–Crippen LogP) is 3.35. The molecule has 3 rings (SSSR count). The quantitative estimate of drug-likeness (QED) is 0.802. The van der Waals surface area contributed by atoms with Gasteiger partial charge in [0.15, 0.2) is 0 Å². The molecule has 1 aliphatic heterocycles. The molecule has 0 aliphatic carbocycles. The predicted molar refractivity (Wildman–Crippen MR) is 91.3 cm³/mol. The number of nitrogens with zero attached hydrogens (tertiary/aromatic N) is 2. The highest BCUT2D eigenvalue weighted by Crippen LogP contribution is 2.35. The number of halogens is 1. The highest BCUT2D eigenvalue weighted by Gasteiger charge is 2.36. The molecule has 2 aromatic carbocycles. The third-order valence-corrected chi connectivity index (χ3v) is 4.65. The molecule has 2 atom stereocenters.